The molecule has 92 valence electrons. The summed E-state index contributed by atoms with van der Waals surface area (Å²) in [6.07, 6.45) is 3.06. The summed E-state index contributed by atoms with van der Waals surface area (Å²) < 4.78 is 1.93. The van der Waals surface area contributed by atoms with Crippen LogP contribution in [-0.2, 0) is 13.5 Å². The number of rotatable bonds is 4. The number of imidazole rings is 1. The van der Waals surface area contributed by atoms with Crippen LogP contribution in [0.25, 0.3) is 0 Å². The van der Waals surface area contributed by atoms with Crippen molar-refractivity contribution >= 4 is 0 Å². The fourth-order valence-electron chi connectivity index (χ4n) is 1.69. The Morgan fingerprint density at radius 1 is 1.41 bits per heavy atom. The first-order valence-electron chi connectivity index (χ1n) is 5.50. The molecule has 0 bridgehead atoms. The maximum absolute atomic E-state index is 10.1. The van der Waals surface area contributed by atoms with Gasteiger partial charge in [-0.15, -0.1) is 10.2 Å². The zero-order chi connectivity index (χ0) is 12.4. The molecule has 0 amide bonds. The smallest absolute Gasteiger partial charge is 0.177 e. The molecule has 0 radical (unpaired) electrons. The summed E-state index contributed by atoms with van der Waals surface area (Å²) in [7, 11) is 1.70. The van der Waals surface area contributed by atoms with Crippen LogP contribution >= 0.6 is 0 Å². The molecule has 0 aliphatic carbocycles. The van der Waals surface area contributed by atoms with E-state index in [9.17, 15) is 5.11 Å². The molecule has 2 heterocycles. The van der Waals surface area contributed by atoms with Crippen LogP contribution in [0.1, 0.15) is 37.5 Å². The quantitative estimate of drug-likeness (QED) is 0.823. The minimum Gasteiger partial charge on any atom is -0.386 e. The Bertz CT molecular complexity index is 488. The van der Waals surface area contributed by atoms with Crippen LogP contribution in [0.3, 0.4) is 0 Å². The first-order valence-corrected chi connectivity index (χ1v) is 5.50. The first kappa shape index (κ1) is 11.7. The molecular weight excluding hydrogens is 220 g/mol. The van der Waals surface area contributed by atoms with Gasteiger partial charge < -0.3 is 9.67 Å². The number of nitrogens with zero attached hydrogens (tertiary/aromatic N) is 6. The second kappa shape index (κ2) is 4.62. The van der Waals surface area contributed by atoms with E-state index >= 15 is 0 Å². The lowest BCUT2D eigenvalue weighted by Gasteiger charge is -2.15. The van der Waals surface area contributed by atoms with E-state index in [1.165, 1.54) is 4.80 Å². The van der Waals surface area contributed by atoms with Crippen molar-refractivity contribution in [1.29, 1.82) is 0 Å². The highest BCUT2D eigenvalue weighted by Gasteiger charge is 2.17. The van der Waals surface area contributed by atoms with Crippen LogP contribution in [-0.4, -0.2) is 34.9 Å². The van der Waals surface area contributed by atoms with Crippen molar-refractivity contribution in [2.75, 3.05) is 0 Å². The first-order chi connectivity index (χ1) is 8.08. The number of aromatic nitrogens is 6. The molecule has 2 aromatic heterocycles. The second-order valence-corrected chi connectivity index (χ2v) is 4.23. The van der Waals surface area contributed by atoms with Gasteiger partial charge in [0.1, 0.15) is 6.10 Å². The summed E-state index contributed by atoms with van der Waals surface area (Å²) in [5.74, 6) is 0.525. The van der Waals surface area contributed by atoms with Gasteiger partial charge in [0.2, 0.25) is 0 Å². The number of hydrogen-bond donors (Lipinski definition) is 1. The molecule has 2 rings (SSSR count). The van der Waals surface area contributed by atoms with E-state index in [4.69, 9.17) is 0 Å². The van der Waals surface area contributed by atoms with Crippen molar-refractivity contribution in [3.8, 4) is 0 Å². The lowest BCUT2D eigenvalue weighted by molar-refractivity contribution is 0.164. The SMILES string of the molecule is CC(C)n1cncc1C(O)Cc1nnn(C)n1. The van der Waals surface area contributed by atoms with Gasteiger partial charge in [0.05, 0.1) is 25.3 Å². The van der Waals surface area contributed by atoms with E-state index in [1.54, 1.807) is 19.6 Å². The topological polar surface area (TPSA) is 81.6 Å². The molecule has 7 nitrogen and oxygen atoms in total. The molecule has 1 atom stereocenters. The van der Waals surface area contributed by atoms with Crippen molar-refractivity contribution in [3.63, 3.8) is 0 Å². The van der Waals surface area contributed by atoms with Gasteiger partial charge in [-0.3, -0.25) is 0 Å². The highest BCUT2D eigenvalue weighted by atomic mass is 16.3. The van der Waals surface area contributed by atoms with Crippen LogP contribution in [0.15, 0.2) is 12.5 Å². The lowest BCUT2D eigenvalue weighted by Crippen LogP contribution is -2.11. The van der Waals surface area contributed by atoms with Crippen molar-refractivity contribution in [3.05, 3.63) is 24.0 Å². The third-order valence-corrected chi connectivity index (χ3v) is 2.52. The molecule has 0 spiro atoms. The molecule has 0 saturated carbocycles. The molecule has 1 unspecified atom stereocenters. The van der Waals surface area contributed by atoms with E-state index in [-0.39, 0.29) is 6.04 Å². The number of aliphatic hydroxyl groups is 1. The second-order valence-electron chi connectivity index (χ2n) is 4.23. The van der Waals surface area contributed by atoms with E-state index in [0.717, 1.165) is 5.69 Å². The fraction of sp³-hybridized carbons (Fsp3) is 0.600. The van der Waals surface area contributed by atoms with E-state index < -0.39 is 6.10 Å². The Hall–Kier alpha value is -1.76. The normalized spacial score (nSPS) is 13.2. The van der Waals surface area contributed by atoms with E-state index in [1.807, 2.05) is 18.4 Å². The van der Waals surface area contributed by atoms with Crippen LogP contribution < -0.4 is 0 Å². The highest BCUT2D eigenvalue weighted by molar-refractivity contribution is 5.06. The lowest BCUT2D eigenvalue weighted by atomic mass is 10.2. The maximum atomic E-state index is 10.1. The molecule has 0 fully saturated rings. The molecule has 17 heavy (non-hydrogen) atoms. The van der Waals surface area contributed by atoms with E-state index in [0.29, 0.717) is 12.2 Å². The van der Waals surface area contributed by atoms with Gasteiger partial charge in [-0.25, -0.2) is 4.98 Å². The highest BCUT2D eigenvalue weighted by Crippen LogP contribution is 2.19. The average Bonchev–Trinajstić information content (AvgIpc) is 2.86. The van der Waals surface area contributed by atoms with Gasteiger partial charge in [0, 0.05) is 12.5 Å². The average molecular weight is 236 g/mol. The third-order valence-electron chi connectivity index (χ3n) is 2.52. The van der Waals surface area contributed by atoms with Gasteiger partial charge in [-0.05, 0) is 19.1 Å². The Labute approximate surface area is 99.1 Å². The maximum Gasteiger partial charge on any atom is 0.177 e. The minimum atomic E-state index is -0.663. The van der Waals surface area contributed by atoms with Crippen LogP contribution in [0.4, 0.5) is 0 Å². The fourth-order valence-corrected chi connectivity index (χ4v) is 1.69. The number of aliphatic hydroxyl groups excluding tert-OH is 1. The van der Waals surface area contributed by atoms with Gasteiger partial charge >= 0.3 is 0 Å². The predicted molar refractivity (Wildman–Crippen MR) is 60.1 cm³/mol. The molecule has 0 aliphatic heterocycles. The standard InChI is InChI=1S/C10H16N6O/c1-7(2)16-6-11-5-8(16)9(17)4-10-12-14-15(3)13-10/h5-7,9,17H,4H2,1-3H3. The van der Waals surface area contributed by atoms with Gasteiger partial charge in [0.15, 0.2) is 5.82 Å². The molecule has 2 aromatic rings. The summed E-state index contributed by atoms with van der Waals surface area (Å²) in [6, 6.07) is 0.261. The predicted octanol–water partition coefficient (Wildman–Crippen LogP) is 0.264. The van der Waals surface area contributed by atoms with Gasteiger partial charge in [-0.1, -0.05) is 0 Å². The van der Waals surface area contributed by atoms with Gasteiger partial charge in [-0.2, -0.15) is 4.80 Å². The zero-order valence-electron chi connectivity index (χ0n) is 10.1. The number of hydrogen-bond acceptors (Lipinski definition) is 5. The molecule has 0 aromatic carbocycles. The Kier molecular flexibility index (Phi) is 3.19. The largest absolute Gasteiger partial charge is 0.386 e. The summed E-state index contributed by atoms with van der Waals surface area (Å²) in [4.78, 5) is 5.43. The molecule has 1 N–H and O–H groups in total. The van der Waals surface area contributed by atoms with Crippen molar-refractivity contribution < 1.29 is 5.11 Å². The molecule has 7 heteroatoms. The Balaban J connectivity index is 2.14. The van der Waals surface area contributed by atoms with Crippen LogP contribution in [0.5, 0.6) is 0 Å². The van der Waals surface area contributed by atoms with Crippen molar-refractivity contribution in [2.24, 2.45) is 7.05 Å². The molecule has 0 aliphatic rings. The summed E-state index contributed by atoms with van der Waals surface area (Å²) in [5.41, 5.74) is 0.771. The Morgan fingerprint density at radius 2 is 2.18 bits per heavy atom. The van der Waals surface area contributed by atoms with Crippen LogP contribution in [0.2, 0.25) is 0 Å². The summed E-state index contributed by atoms with van der Waals surface area (Å²) in [5, 5.41) is 21.7. The third kappa shape index (κ3) is 2.50. The summed E-state index contributed by atoms with van der Waals surface area (Å²) >= 11 is 0. The van der Waals surface area contributed by atoms with Crippen LogP contribution in [0, 0.1) is 0 Å². The zero-order valence-corrected chi connectivity index (χ0v) is 10.1. The van der Waals surface area contributed by atoms with E-state index in [2.05, 4.69) is 20.4 Å². The molecular formula is C10H16N6O. The number of tetrazole rings is 1. The van der Waals surface area contributed by atoms with Crippen molar-refractivity contribution in [2.45, 2.75) is 32.4 Å². The number of aryl methyl sites for hydroxylation is 1. The monoisotopic (exact) mass is 236 g/mol. The Morgan fingerprint density at radius 3 is 2.76 bits per heavy atom. The molecule has 0 saturated heterocycles. The van der Waals surface area contributed by atoms with Gasteiger partial charge in [0.25, 0.3) is 0 Å². The van der Waals surface area contributed by atoms with Crippen molar-refractivity contribution in [1.82, 2.24) is 29.8 Å². The summed E-state index contributed by atoms with van der Waals surface area (Å²) in [6.45, 7) is 4.08. The minimum absolute atomic E-state index is 0.261.